The van der Waals surface area contributed by atoms with E-state index in [9.17, 15) is 9.59 Å². The van der Waals surface area contributed by atoms with Gasteiger partial charge in [0.15, 0.2) is 11.4 Å². The fourth-order valence-corrected chi connectivity index (χ4v) is 4.53. The molecule has 0 spiro atoms. The lowest BCUT2D eigenvalue weighted by Gasteiger charge is -2.15. The fourth-order valence-electron chi connectivity index (χ4n) is 4.53. The molecule has 0 bridgehead atoms. The van der Waals surface area contributed by atoms with E-state index < -0.39 is 5.56 Å². The van der Waals surface area contributed by atoms with Crippen molar-refractivity contribution in [2.45, 2.75) is 19.3 Å². The van der Waals surface area contributed by atoms with Crippen molar-refractivity contribution in [1.29, 1.82) is 0 Å². The van der Waals surface area contributed by atoms with Crippen molar-refractivity contribution < 1.29 is 19.0 Å². The standard InChI is InChI=1S/C30H30N4O5/c1-37-16-15-31-29(35)22-7-4-8-23(17-22)33-28-27(39-26-12-9-20-5-3-6-21(20)18-26)19-32-34(30(28)36)24-10-13-25(38-2)14-11-24/h4,7-14,17-19,33H,3,5-6,15-16H2,1-2H3,(H,31,35). The number of nitrogens with one attached hydrogen (secondary N) is 2. The van der Waals surface area contributed by atoms with E-state index in [-0.39, 0.29) is 17.3 Å². The molecule has 200 valence electrons. The summed E-state index contributed by atoms with van der Waals surface area (Å²) >= 11 is 0. The number of fused-ring (bicyclic) bond motifs is 1. The molecule has 0 unspecified atom stereocenters. The summed E-state index contributed by atoms with van der Waals surface area (Å²) in [5, 5.41) is 10.4. The van der Waals surface area contributed by atoms with Crippen LogP contribution >= 0.6 is 0 Å². The molecule has 4 aromatic rings. The number of methoxy groups -OCH3 is 2. The monoisotopic (exact) mass is 526 g/mol. The zero-order chi connectivity index (χ0) is 27.2. The molecule has 39 heavy (non-hydrogen) atoms. The molecule has 1 aliphatic rings. The zero-order valence-corrected chi connectivity index (χ0v) is 21.9. The molecular formula is C30H30N4O5. The fraction of sp³-hybridized carbons (Fsp3) is 0.233. The topological polar surface area (TPSA) is 104 Å². The largest absolute Gasteiger partial charge is 0.497 e. The third-order valence-corrected chi connectivity index (χ3v) is 6.54. The number of aromatic nitrogens is 2. The number of amides is 1. The summed E-state index contributed by atoms with van der Waals surface area (Å²) in [7, 11) is 3.16. The summed E-state index contributed by atoms with van der Waals surface area (Å²) in [4.78, 5) is 26.3. The van der Waals surface area contributed by atoms with E-state index in [1.165, 1.54) is 22.0 Å². The molecule has 9 nitrogen and oxygen atoms in total. The Morgan fingerprint density at radius 3 is 2.56 bits per heavy atom. The van der Waals surface area contributed by atoms with Crippen LogP contribution in [0.5, 0.6) is 17.2 Å². The van der Waals surface area contributed by atoms with Crippen LogP contribution in [0.15, 0.2) is 77.7 Å². The van der Waals surface area contributed by atoms with Gasteiger partial charge in [0, 0.05) is 24.9 Å². The van der Waals surface area contributed by atoms with E-state index in [4.69, 9.17) is 14.2 Å². The number of ether oxygens (including phenoxy) is 3. The summed E-state index contributed by atoms with van der Waals surface area (Å²) in [6.07, 6.45) is 4.72. The van der Waals surface area contributed by atoms with Crippen molar-refractivity contribution in [3.8, 4) is 22.9 Å². The summed E-state index contributed by atoms with van der Waals surface area (Å²) in [5.41, 5.74) is 3.94. The van der Waals surface area contributed by atoms with E-state index in [1.54, 1.807) is 62.8 Å². The Balaban J connectivity index is 1.50. The summed E-state index contributed by atoms with van der Waals surface area (Å²) < 4.78 is 17.7. The minimum absolute atomic E-state index is 0.193. The maximum absolute atomic E-state index is 13.8. The first-order valence-corrected chi connectivity index (χ1v) is 12.8. The number of aryl methyl sites for hydroxylation is 2. The molecule has 1 aromatic heterocycles. The van der Waals surface area contributed by atoms with Crippen LogP contribution in [0.3, 0.4) is 0 Å². The molecule has 0 radical (unpaired) electrons. The van der Waals surface area contributed by atoms with Crippen LogP contribution < -0.4 is 25.7 Å². The molecule has 0 saturated heterocycles. The van der Waals surface area contributed by atoms with E-state index in [0.29, 0.717) is 41.6 Å². The highest BCUT2D eigenvalue weighted by atomic mass is 16.5. The lowest BCUT2D eigenvalue weighted by atomic mass is 10.1. The van der Waals surface area contributed by atoms with Crippen LogP contribution in [0.2, 0.25) is 0 Å². The summed E-state index contributed by atoms with van der Waals surface area (Å²) in [6.45, 7) is 0.803. The minimum Gasteiger partial charge on any atom is -0.497 e. The maximum Gasteiger partial charge on any atom is 0.299 e. The SMILES string of the molecule is COCCNC(=O)c1cccc(Nc2c(Oc3ccc4c(c3)CCC4)cnn(-c3ccc(OC)cc3)c2=O)c1. The van der Waals surface area contributed by atoms with Crippen LogP contribution in [-0.4, -0.2) is 43.1 Å². The van der Waals surface area contributed by atoms with Crippen LogP contribution in [0.4, 0.5) is 11.4 Å². The number of anilines is 2. The van der Waals surface area contributed by atoms with Gasteiger partial charge in [-0.25, -0.2) is 0 Å². The van der Waals surface area contributed by atoms with Crippen molar-refractivity contribution in [1.82, 2.24) is 15.1 Å². The molecule has 1 amide bonds. The number of carbonyl (C=O) groups is 1. The smallest absolute Gasteiger partial charge is 0.299 e. The Morgan fingerprint density at radius 2 is 1.77 bits per heavy atom. The molecule has 3 aromatic carbocycles. The normalized spacial score (nSPS) is 12.1. The predicted octanol–water partition coefficient (Wildman–Crippen LogP) is 4.64. The van der Waals surface area contributed by atoms with Gasteiger partial charge >= 0.3 is 0 Å². The molecule has 1 heterocycles. The van der Waals surface area contributed by atoms with E-state index >= 15 is 0 Å². The molecule has 1 aliphatic carbocycles. The van der Waals surface area contributed by atoms with Crippen molar-refractivity contribution in [2.75, 3.05) is 32.7 Å². The van der Waals surface area contributed by atoms with Gasteiger partial charge in [-0.3, -0.25) is 9.59 Å². The van der Waals surface area contributed by atoms with Gasteiger partial charge in [0.05, 0.1) is 25.6 Å². The molecule has 2 N–H and O–H groups in total. The van der Waals surface area contributed by atoms with Crippen molar-refractivity contribution in [2.24, 2.45) is 0 Å². The maximum atomic E-state index is 13.8. The summed E-state index contributed by atoms with van der Waals surface area (Å²) in [6, 6.07) is 19.9. The number of benzene rings is 3. The highest BCUT2D eigenvalue weighted by Gasteiger charge is 2.18. The van der Waals surface area contributed by atoms with Crippen molar-refractivity contribution in [3.63, 3.8) is 0 Å². The average Bonchev–Trinajstić information content (AvgIpc) is 3.43. The van der Waals surface area contributed by atoms with E-state index in [0.717, 1.165) is 19.3 Å². The number of hydrogen-bond acceptors (Lipinski definition) is 7. The third kappa shape index (κ3) is 5.94. The molecule has 5 rings (SSSR count). The van der Waals surface area contributed by atoms with Gasteiger partial charge in [-0.15, -0.1) is 0 Å². The first-order valence-electron chi connectivity index (χ1n) is 12.8. The highest BCUT2D eigenvalue weighted by molar-refractivity contribution is 5.95. The van der Waals surface area contributed by atoms with Gasteiger partial charge in [-0.2, -0.15) is 9.78 Å². The Bertz CT molecular complexity index is 1530. The van der Waals surface area contributed by atoms with Gasteiger partial charge in [0.25, 0.3) is 11.5 Å². The number of carbonyl (C=O) groups excluding carboxylic acids is 1. The van der Waals surface area contributed by atoms with E-state index in [1.807, 2.05) is 12.1 Å². The van der Waals surface area contributed by atoms with Crippen molar-refractivity contribution in [3.05, 3.63) is 100.0 Å². The van der Waals surface area contributed by atoms with Gasteiger partial charge in [-0.05, 0) is 85.0 Å². The number of nitrogens with zero attached hydrogens (tertiary/aromatic N) is 2. The van der Waals surface area contributed by atoms with Crippen LogP contribution in [0, 0.1) is 0 Å². The predicted molar refractivity (Wildman–Crippen MR) is 149 cm³/mol. The lowest BCUT2D eigenvalue weighted by molar-refractivity contribution is 0.0937. The molecule has 0 aliphatic heterocycles. The van der Waals surface area contributed by atoms with Crippen LogP contribution in [0.1, 0.15) is 27.9 Å². The quantitative estimate of drug-likeness (QED) is 0.290. The Morgan fingerprint density at radius 1 is 0.974 bits per heavy atom. The first kappa shape index (κ1) is 26.0. The second kappa shape index (κ2) is 11.8. The van der Waals surface area contributed by atoms with E-state index in [2.05, 4.69) is 21.8 Å². The van der Waals surface area contributed by atoms with Gasteiger partial charge < -0.3 is 24.8 Å². The van der Waals surface area contributed by atoms with Gasteiger partial charge in [-0.1, -0.05) is 12.1 Å². The molecular weight excluding hydrogens is 496 g/mol. The van der Waals surface area contributed by atoms with Gasteiger partial charge in [0.2, 0.25) is 0 Å². The first-order chi connectivity index (χ1) is 19.1. The average molecular weight is 527 g/mol. The lowest BCUT2D eigenvalue weighted by Crippen LogP contribution is -2.27. The Labute approximate surface area is 226 Å². The van der Waals surface area contributed by atoms with Crippen LogP contribution in [0.25, 0.3) is 5.69 Å². The zero-order valence-electron chi connectivity index (χ0n) is 21.9. The number of hydrogen-bond donors (Lipinski definition) is 2. The molecule has 9 heteroatoms. The molecule has 0 fully saturated rings. The van der Waals surface area contributed by atoms with Crippen molar-refractivity contribution >= 4 is 17.3 Å². The molecule has 0 atom stereocenters. The number of rotatable bonds is 10. The second-order valence-electron chi connectivity index (χ2n) is 9.14. The van der Waals surface area contributed by atoms with Gasteiger partial charge in [0.1, 0.15) is 11.5 Å². The second-order valence-corrected chi connectivity index (χ2v) is 9.14. The molecule has 0 saturated carbocycles. The minimum atomic E-state index is -0.409. The summed E-state index contributed by atoms with van der Waals surface area (Å²) in [5.74, 6) is 1.34. The Hall–Kier alpha value is -4.63. The Kier molecular flexibility index (Phi) is 7.88. The highest BCUT2D eigenvalue weighted by Crippen LogP contribution is 2.32. The van der Waals surface area contributed by atoms with Crippen LogP contribution in [-0.2, 0) is 17.6 Å². The third-order valence-electron chi connectivity index (χ3n) is 6.54.